The van der Waals surface area contributed by atoms with E-state index in [4.69, 9.17) is 11.6 Å². The summed E-state index contributed by atoms with van der Waals surface area (Å²) in [6.07, 6.45) is -0.320. The van der Waals surface area contributed by atoms with E-state index in [0.29, 0.717) is 13.0 Å². The Bertz CT molecular complexity index is 1340. The van der Waals surface area contributed by atoms with Crippen LogP contribution in [-0.4, -0.2) is 64.2 Å². The third kappa shape index (κ3) is 5.32. The Morgan fingerprint density at radius 2 is 1.90 bits per heavy atom. The Morgan fingerprint density at radius 3 is 2.55 bits per heavy atom. The van der Waals surface area contributed by atoms with Gasteiger partial charge < -0.3 is 25.1 Å². The fraction of sp³-hybridized carbons (Fsp3) is 0.393. The van der Waals surface area contributed by atoms with E-state index < -0.39 is 13.0 Å². The zero-order valence-electron chi connectivity index (χ0n) is 21.8. The number of carbonyl (C=O) groups excluding carboxylic acids is 1. The van der Waals surface area contributed by atoms with Crippen molar-refractivity contribution < 1.29 is 32.2 Å². The molecule has 7 nitrogen and oxygen atoms in total. The number of nitrogens with one attached hydrogen (secondary N) is 1. The van der Waals surface area contributed by atoms with Crippen LogP contribution in [0.4, 0.5) is 17.6 Å². The Morgan fingerprint density at radius 1 is 1.18 bits per heavy atom. The Hall–Kier alpha value is -3.44. The molecule has 0 bridgehead atoms. The van der Waals surface area contributed by atoms with Crippen LogP contribution in [0, 0.1) is 0 Å². The van der Waals surface area contributed by atoms with Crippen LogP contribution in [0.15, 0.2) is 65.6 Å². The highest BCUT2D eigenvalue weighted by molar-refractivity contribution is 6.31. The Labute approximate surface area is 234 Å². The fourth-order valence-electron chi connectivity index (χ4n) is 5.42. The molecule has 40 heavy (non-hydrogen) atoms. The summed E-state index contributed by atoms with van der Waals surface area (Å²) in [5.74, 6) is -0.304. The van der Waals surface area contributed by atoms with Crippen LogP contribution in [0.1, 0.15) is 54.2 Å². The molecule has 3 aliphatic heterocycles. The number of rotatable bonds is 7. The summed E-state index contributed by atoms with van der Waals surface area (Å²) in [6, 6.07) is 9.69. The quantitative estimate of drug-likeness (QED) is 0.424. The van der Waals surface area contributed by atoms with Crippen molar-refractivity contribution in [2.45, 2.75) is 51.4 Å². The average Bonchev–Trinajstić information content (AvgIpc) is 3.28. The lowest BCUT2D eigenvalue weighted by Crippen LogP contribution is -2.52. The maximum Gasteiger partial charge on any atom is 0.387 e. The van der Waals surface area contributed by atoms with E-state index in [1.54, 1.807) is 17.0 Å². The van der Waals surface area contributed by atoms with Gasteiger partial charge in [-0.25, -0.2) is 8.78 Å². The number of ether oxygens (including phenoxy) is 1. The zero-order chi connectivity index (χ0) is 28.7. The molecular weight excluding hydrogens is 552 g/mol. The van der Waals surface area contributed by atoms with Gasteiger partial charge in [-0.15, -0.1) is 0 Å². The van der Waals surface area contributed by atoms with Gasteiger partial charge >= 0.3 is 6.61 Å². The predicted octanol–water partition coefficient (Wildman–Crippen LogP) is 5.47. The predicted molar refractivity (Wildman–Crippen MR) is 141 cm³/mol. The van der Waals surface area contributed by atoms with Gasteiger partial charge in [-0.2, -0.15) is 8.78 Å². The van der Waals surface area contributed by atoms with E-state index >= 15 is 0 Å². The lowest BCUT2D eigenvalue weighted by atomic mass is 9.97. The van der Waals surface area contributed by atoms with Crippen molar-refractivity contribution in [3.8, 4) is 5.75 Å². The number of hydrogen-bond acceptors (Lipinski definition) is 6. The number of amides is 1. The number of nitrogens with zero attached hydrogens (tertiary/aromatic N) is 3. The molecule has 2 aromatic carbocycles. The third-order valence-electron chi connectivity index (χ3n) is 7.66. The Balaban J connectivity index is 1.40. The van der Waals surface area contributed by atoms with Gasteiger partial charge in [0.15, 0.2) is 0 Å². The molecule has 0 radical (unpaired) electrons. The summed E-state index contributed by atoms with van der Waals surface area (Å²) < 4.78 is 56.4. The van der Waals surface area contributed by atoms with E-state index in [-0.39, 0.29) is 59.1 Å². The van der Waals surface area contributed by atoms with E-state index in [9.17, 15) is 27.5 Å². The summed E-state index contributed by atoms with van der Waals surface area (Å²) in [7, 11) is 0. The van der Waals surface area contributed by atoms with Gasteiger partial charge in [0.2, 0.25) is 0 Å². The van der Waals surface area contributed by atoms with Gasteiger partial charge in [0, 0.05) is 52.6 Å². The van der Waals surface area contributed by atoms with Crippen molar-refractivity contribution in [1.29, 1.82) is 0 Å². The molecule has 0 unspecified atom stereocenters. The van der Waals surface area contributed by atoms with Gasteiger partial charge in [0.25, 0.3) is 12.3 Å². The number of hydrazine groups is 1. The van der Waals surface area contributed by atoms with Gasteiger partial charge in [0.05, 0.1) is 30.9 Å². The molecule has 0 spiro atoms. The first kappa shape index (κ1) is 28.1. The van der Waals surface area contributed by atoms with Crippen molar-refractivity contribution in [2.75, 3.05) is 19.7 Å². The molecule has 3 heterocycles. The first-order valence-electron chi connectivity index (χ1n) is 12.9. The van der Waals surface area contributed by atoms with Gasteiger partial charge in [-0.05, 0) is 49.7 Å². The maximum atomic E-state index is 13.5. The van der Waals surface area contributed by atoms with Crippen LogP contribution in [0.5, 0.6) is 5.75 Å². The van der Waals surface area contributed by atoms with E-state index in [0.717, 1.165) is 28.6 Å². The lowest BCUT2D eigenvalue weighted by Gasteiger charge is -2.42. The van der Waals surface area contributed by atoms with Crippen LogP contribution in [-0.2, 0) is 0 Å². The van der Waals surface area contributed by atoms with Crippen LogP contribution in [0.3, 0.4) is 0 Å². The first-order valence-corrected chi connectivity index (χ1v) is 13.2. The number of aliphatic hydroxyl groups excluding tert-OH is 1. The molecule has 1 amide bonds. The highest BCUT2D eigenvalue weighted by Gasteiger charge is 2.41. The Kier molecular flexibility index (Phi) is 7.87. The first-order chi connectivity index (χ1) is 19.1. The number of hydrogen-bond donors (Lipinski definition) is 2. The fourth-order valence-corrected chi connectivity index (χ4v) is 5.62. The SMILES string of the molecule is C[C@@H]1CC2=C(CN1C(=O)c1ccc(Cl)c(C(F)F)c1)C1=CN([C@@H](C)c3ccc(OC(F)F)cc3)C[C@@H](CO)N1N2. The molecule has 214 valence electrons. The minimum atomic E-state index is -2.90. The minimum Gasteiger partial charge on any atom is -0.435 e. The van der Waals surface area contributed by atoms with Gasteiger partial charge in [-0.1, -0.05) is 23.7 Å². The van der Waals surface area contributed by atoms with Crippen molar-refractivity contribution in [3.05, 3.63) is 87.3 Å². The van der Waals surface area contributed by atoms with Crippen molar-refractivity contribution in [2.24, 2.45) is 0 Å². The number of alkyl halides is 4. The molecule has 3 aliphatic rings. The summed E-state index contributed by atoms with van der Waals surface area (Å²) in [5, 5.41) is 12.0. The molecule has 0 saturated heterocycles. The summed E-state index contributed by atoms with van der Waals surface area (Å²) in [6.45, 7) is 1.58. The van der Waals surface area contributed by atoms with Crippen LogP contribution < -0.4 is 10.2 Å². The van der Waals surface area contributed by atoms with E-state index in [1.807, 2.05) is 25.1 Å². The number of fused-ring (bicyclic) bond motifs is 2. The van der Waals surface area contributed by atoms with Crippen LogP contribution >= 0.6 is 11.6 Å². The molecule has 0 aliphatic carbocycles. The normalized spacial score (nSPS) is 21.4. The lowest BCUT2D eigenvalue weighted by molar-refractivity contribution is -0.0498. The van der Waals surface area contributed by atoms with E-state index in [1.165, 1.54) is 24.3 Å². The standard InChI is InChI=1S/C28H29ClF4N4O3/c1-15-9-24-22(12-36(15)27(39)18-5-8-23(29)21(10-18)26(30)31)25-13-35(11-19(14-38)37(25)34-24)16(2)17-3-6-20(7-4-17)40-28(32)33/h3-8,10,13,15-16,19,26,28,34,38H,9,11-12,14H2,1-2H3/t15-,16+,19+/m1/s1. The highest BCUT2D eigenvalue weighted by Crippen LogP contribution is 2.39. The van der Waals surface area contributed by atoms with Gasteiger partial charge in [-0.3, -0.25) is 9.80 Å². The van der Waals surface area contributed by atoms with Crippen molar-refractivity contribution in [1.82, 2.24) is 20.2 Å². The maximum absolute atomic E-state index is 13.5. The number of benzene rings is 2. The van der Waals surface area contributed by atoms with E-state index in [2.05, 4.69) is 15.1 Å². The largest absolute Gasteiger partial charge is 0.435 e. The molecule has 3 atom stereocenters. The molecule has 0 aromatic heterocycles. The third-order valence-corrected chi connectivity index (χ3v) is 8.00. The number of halogens is 5. The zero-order valence-corrected chi connectivity index (χ0v) is 22.6. The summed E-state index contributed by atoms with van der Waals surface area (Å²) >= 11 is 5.90. The second kappa shape index (κ2) is 11.2. The number of carbonyl (C=O) groups is 1. The van der Waals surface area contributed by atoms with Crippen LogP contribution in [0.2, 0.25) is 5.02 Å². The smallest absolute Gasteiger partial charge is 0.387 e. The monoisotopic (exact) mass is 580 g/mol. The molecule has 0 fully saturated rings. The second-order valence-corrected chi connectivity index (χ2v) is 10.5. The van der Waals surface area contributed by atoms with Crippen molar-refractivity contribution in [3.63, 3.8) is 0 Å². The highest BCUT2D eigenvalue weighted by atomic mass is 35.5. The van der Waals surface area contributed by atoms with Crippen molar-refractivity contribution >= 4 is 17.5 Å². The summed E-state index contributed by atoms with van der Waals surface area (Å²) in [4.78, 5) is 17.2. The molecule has 0 saturated carbocycles. The van der Waals surface area contributed by atoms with Crippen LogP contribution in [0.25, 0.3) is 0 Å². The van der Waals surface area contributed by atoms with Gasteiger partial charge in [0.1, 0.15) is 5.75 Å². The average molecular weight is 581 g/mol. The molecule has 5 rings (SSSR count). The minimum absolute atomic E-state index is 0.0691. The topological polar surface area (TPSA) is 68.3 Å². The molecule has 2 aromatic rings. The molecule has 12 heteroatoms. The second-order valence-electron chi connectivity index (χ2n) is 10.1. The molecule has 2 N–H and O–H groups in total. The molecular formula is C28H29ClF4N4O3. The summed E-state index contributed by atoms with van der Waals surface area (Å²) in [5.41, 5.74) is 6.65. The number of aliphatic hydroxyl groups is 1.